The molecule has 2 aliphatic rings. The van der Waals surface area contributed by atoms with Gasteiger partial charge in [-0.25, -0.2) is 0 Å². The third-order valence-electron chi connectivity index (χ3n) is 4.86. The molecule has 0 spiro atoms. The molecule has 5 nitrogen and oxygen atoms in total. The van der Waals surface area contributed by atoms with Gasteiger partial charge in [-0.1, -0.05) is 30.3 Å². The summed E-state index contributed by atoms with van der Waals surface area (Å²) < 4.78 is 0. The summed E-state index contributed by atoms with van der Waals surface area (Å²) in [5, 5.41) is 6.30. The van der Waals surface area contributed by atoms with E-state index >= 15 is 0 Å². The molecule has 2 unspecified atom stereocenters. The molecule has 2 amide bonds. The molecule has 1 aromatic rings. The van der Waals surface area contributed by atoms with Gasteiger partial charge in [0.05, 0.1) is 12.1 Å². The van der Waals surface area contributed by atoms with Crippen molar-refractivity contribution in [2.24, 2.45) is 0 Å². The summed E-state index contributed by atoms with van der Waals surface area (Å²) in [6.45, 7) is 3.56. The maximum atomic E-state index is 12.6. The predicted molar refractivity (Wildman–Crippen MR) is 88.8 cm³/mol. The zero-order valence-corrected chi connectivity index (χ0v) is 13.6. The summed E-state index contributed by atoms with van der Waals surface area (Å²) in [5.41, 5.74) is 1.08. The lowest BCUT2D eigenvalue weighted by Gasteiger charge is -2.28. The first-order valence-electron chi connectivity index (χ1n) is 8.56. The molecule has 3 atom stereocenters. The van der Waals surface area contributed by atoms with Crippen LogP contribution in [0.25, 0.3) is 0 Å². The van der Waals surface area contributed by atoms with Crippen LogP contribution in [0.1, 0.15) is 44.2 Å². The zero-order chi connectivity index (χ0) is 16.2. The number of carbonyl (C=O) groups excluding carboxylic acids is 2. The van der Waals surface area contributed by atoms with Crippen molar-refractivity contribution in [2.75, 3.05) is 13.1 Å². The number of nitrogens with zero attached hydrogens (tertiary/aromatic N) is 1. The maximum Gasteiger partial charge on any atom is 0.243 e. The van der Waals surface area contributed by atoms with E-state index in [0.717, 1.165) is 37.8 Å². The van der Waals surface area contributed by atoms with E-state index in [1.54, 1.807) is 4.90 Å². The third kappa shape index (κ3) is 3.55. The number of rotatable bonds is 4. The number of hydrogen-bond acceptors (Lipinski definition) is 3. The van der Waals surface area contributed by atoms with E-state index in [0.29, 0.717) is 6.54 Å². The topological polar surface area (TPSA) is 61.4 Å². The molecule has 23 heavy (non-hydrogen) atoms. The van der Waals surface area contributed by atoms with Crippen molar-refractivity contribution in [1.82, 2.24) is 15.5 Å². The maximum absolute atomic E-state index is 12.6. The Labute approximate surface area is 137 Å². The predicted octanol–water partition coefficient (Wildman–Crippen LogP) is 1.61. The van der Waals surface area contributed by atoms with Crippen LogP contribution < -0.4 is 10.6 Å². The summed E-state index contributed by atoms with van der Waals surface area (Å²) >= 11 is 0. The molecule has 0 saturated carbocycles. The molecule has 124 valence electrons. The summed E-state index contributed by atoms with van der Waals surface area (Å²) in [6.07, 6.45) is 3.57. The van der Waals surface area contributed by atoms with E-state index in [4.69, 9.17) is 0 Å². The molecule has 0 bridgehead atoms. The van der Waals surface area contributed by atoms with Gasteiger partial charge >= 0.3 is 0 Å². The molecule has 0 aromatic heterocycles. The second-order valence-electron chi connectivity index (χ2n) is 6.48. The van der Waals surface area contributed by atoms with Gasteiger partial charge in [0.15, 0.2) is 0 Å². The minimum Gasteiger partial charge on any atom is -0.348 e. The van der Waals surface area contributed by atoms with Gasteiger partial charge in [0.1, 0.15) is 6.04 Å². The molecular formula is C18H25N3O2. The van der Waals surface area contributed by atoms with Crippen molar-refractivity contribution >= 4 is 11.8 Å². The fourth-order valence-electron chi connectivity index (χ4n) is 3.53. The van der Waals surface area contributed by atoms with Gasteiger partial charge < -0.3 is 15.5 Å². The van der Waals surface area contributed by atoms with Crippen LogP contribution in [-0.2, 0) is 9.59 Å². The zero-order valence-electron chi connectivity index (χ0n) is 13.6. The Hall–Kier alpha value is -1.88. The minimum atomic E-state index is -0.323. The van der Waals surface area contributed by atoms with Crippen LogP contribution in [0, 0.1) is 0 Å². The lowest BCUT2D eigenvalue weighted by Crippen LogP contribution is -2.51. The number of carbonyl (C=O) groups is 2. The molecular weight excluding hydrogens is 290 g/mol. The third-order valence-corrected chi connectivity index (χ3v) is 4.86. The quantitative estimate of drug-likeness (QED) is 0.887. The molecule has 2 saturated heterocycles. The van der Waals surface area contributed by atoms with Crippen molar-refractivity contribution in [3.05, 3.63) is 35.9 Å². The highest BCUT2D eigenvalue weighted by Crippen LogP contribution is 2.22. The van der Waals surface area contributed by atoms with Crippen LogP contribution in [0.5, 0.6) is 0 Å². The Bertz CT molecular complexity index is 555. The van der Waals surface area contributed by atoms with E-state index in [1.807, 2.05) is 37.3 Å². The van der Waals surface area contributed by atoms with E-state index in [-0.39, 0.29) is 29.9 Å². The second-order valence-corrected chi connectivity index (χ2v) is 6.48. The Morgan fingerprint density at radius 2 is 2.00 bits per heavy atom. The summed E-state index contributed by atoms with van der Waals surface area (Å²) in [4.78, 5) is 27.0. The van der Waals surface area contributed by atoms with Gasteiger partial charge in [-0.15, -0.1) is 0 Å². The van der Waals surface area contributed by atoms with Gasteiger partial charge in [-0.05, 0) is 44.7 Å². The largest absolute Gasteiger partial charge is 0.348 e. The van der Waals surface area contributed by atoms with Crippen LogP contribution in [0.2, 0.25) is 0 Å². The molecule has 0 radical (unpaired) electrons. The fraction of sp³-hybridized carbons (Fsp3) is 0.556. The van der Waals surface area contributed by atoms with Crippen LogP contribution >= 0.6 is 0 Å². The fourth-order valence-corrected chi connectivity index (χ4v) is 3.53. The lowest BCUT2D eigenvalue weighted by atomic mass is 10.1. The second kappa shape index (κ2) is 7.13. The highest BCUT2D eigenvalue weighted by atomic mass is 16.2. The first-order valence-corrected chi connectivity index (χ1v) is 8.56. The Kier molecular flexibility index (Phi) is 4.96. The minimum absolute atomic E-state index is 0.0369. The summed E-state index contributed by atoms with van der Waals surface area (Å²) in [7, 11) is 0. The highest BCUT2D eigenvalue weighted by molar-refractivity contribution is 5.90. The number of nitrogens with one attached hydrogen (secondary N) is 2. The van der Waals surface area contributed by atoms with Crippen LogP contribution in [0.4, 0.5) is 0 Å². The first-order chi connectivity index (χ1) is 11.2. The van der Waals surface area contributed by atoms with Crippen molar-refractivity contribution in [3.8, 4) is 0 Å². The normalized spacial score (nSPS) is 25.3. The van der Waals surface area contributed by atoms with Crippen molar-refractivity contribution in [2.45, 2.75) is 50.7 Å². The summed E-state index contributed by atoms with van der Waals surface area (Å²) in [6, 6.07) is 9.43. The van der Waals surface area contributed by atoms with E-state index in [2.05, 4.69) is 10.6 Å². The average molecular weight is 315 g/mol. The molecule has 2 aliphatic heterocycles. The van der Waals surface area contributed by atoms with Gasteiger partial charge in [-0.3, -0.25) is 9.59 Å². The number of benzene rings is 1. The molecule has 3 rings (SSSR count). The molecule has 0 aliphatic carbocycles. The van der Waals surface area contributed by atoms with Gasteiger partial charge in [-0.2, -0.15) is 0 Å². The molecule has 1 aromatic carbocycles. The molecule has 2 heterocycles. The Morgan fingerprint density at radius 3 is 2.70 bits per heavy atom. The van der Waals surface area contributed by atoms with Gasteiger partial charge in [0.2, 0.25) is 11.8 Å². The lowest BCUT2D eigenvalue weighted by molar-refractivity contribution is -0.140. The van der Waals surface area contributed by atoms with Crippen LogP contribution in [0.3, 0.4) is 0 Å². The monoisotopic (exact) mass is 315 g/mol. The van der Waals surface area contributed by atoms with Gasteiger partial charge in [0.25, 0.3) is 0 Å². The van der Waals surface area contributed by atoms with Gasteiger partial charge in [0, 0.05) is 6.54 Å². The van der Waals surface area contributed by atoms with Crippen molar-refractivity contribution in [1.29, 1.82) is 0 Å². The van der Waals surface area contributed by atoms with E-state index in [1.165, 1.54) is 0 Å². The Balaban J connectivity index is 1.62. The molecule has 5 heteroatoms. The Morgan fingerprint density at radius 1 is 1.22 bits per heavy atom. The van der Waals surface area contributed by atoms with E-state index < -0.39 is 0 Å². The van der Waals surface area contributed by atoms with E-state index in [9.17, 15) is 9.59 Å². The standard InChI is InChI=1S/C18H25N3O2/c1-13(14-7-3-2-4-8-14)20-17(22)16-10-6-12-21(16)18(23)15-9-5-11-19-15/h2-4,7-8,13,15-16,19H,5-6,9-12H2,1H3,(H,20,22)/t13?,15-,16?/m1/s1. The smallest absolute Gasteiger partial charge is 0.243 e. The molecule has 2 N–H and O–H groups in total. The SMILES string of the molecule is CC(NC(=O)C1CCCN1C(=O)[C@H]1CCCN1)c1ccccc1. The van der Waals surface area contributed by atoms with Crippen molar-refractivity contribution in [3.63, 3.8) is 0 Å². The van der Waals surface area contributed by atoms with Crippen LogP contribution in [0.15, 0.2) is 30.3 Å². The average Bonchev–Trinajstić information content (AvgIpc) is 3.26. The highest BCUT2D eigenvalue weighted by Gasteiger charge is 2.38. The van der Waals surface area contributed by atoms with Crippen LogP contribution in [-0.4, -0.2) is 41.9 Å². The van der Waals surface area contributed by atoms with Crippen molar-refractivity contribution < 1.29 is 9.59 Å². The number of amides is 2. The first kappa shape index (κ1) is 16.0. The number of hydrogen-bond donors (Lipinski definition) is 2. The molecule has 2 fully saturated rings. The summed E-state index contributed by atoms with van der Waals surface area (Å²) in [5.74, 6) is 0.0534. The number of likely N-dealkylation sites (tertiary alicyclic amines) is 1.